The Kier molecular flexibility index (Phi) is 9.29. The van der Waals surface area contributed by atoms with Gasteiger partial charge < -0.3 is 8.74 Å². The van der Waals surface area contributed by atoms with E-state index in [2.05, 4.69) is 0 Å². The number of hydrogen-bond acceptors (Lipinski definition) is 7. The summed E-state index contributed by atoms with van der Waals surface area (Å²) in [6, 6.07) is 18.9. The average Bonchev–Trinajstić information content (AvgIpc) is 2.67. The second kappa shape index (κ2) is 11.5. The van der Waals surface area contributed by atoms with Crippen molar-refractivity contribution in [3.05, 3.63) is 89.0 Å². The van der Waals surface area contributed by atoms with Crippen LogP contribution in [-0.2, 0) is 36.2 Å². The summed E-state index contributed by atoms with van der Waals surface area (Å²) >= 11 is -3.93. The first-order valence-corrected chi connectivity index (χ1v) is 12.8. The van der Waals surface area contributed by atoms with E-state index in [0.29, 0.717) is 21.8 Å². The molecule has 3 rings (SSSR count). The van der Waals surface area contributed by atoms with Gasteiger partial charge in [-0.25, -0.2) is 12.6 Å². The van der Waals surface area contributed by atoms with Crippen molar-refractivity contribution < 1.29 is 29.2 Å². The summed E-state index contributed by atoms with van der Waals surface area (Å²) in [6.07, 6.45) is 0. The van der Waals surface area contributed by atoms with Crippen LogP contribution in [0.5, 0.6) is 5.75 Å². The molecule has 0 saturated heterocycles. The Morgan fingerprint density at radius 1 is 0.781 bits per heavy atom. The molecule has 0 aromatic heterocycles. The lowest BCUT2D eigenvalue weighted by atomic mass is 10.1. The van der Waals surface area contributed by atoms with Crippen molar-refractivity contribution in [3.8, 4) is 5.75 Å². The first-order chi connectivity index (χ1) is 15.0. The normalized spacial score (nSPS) is 12.9. The van der Waals surface area contributed by atoms with Crippen LogP contribution in [0.3, 0.4) is 0 Å². The molecule has 0 aliphatic heterocycles. The third-order valence-corrected chi connectivity index (χ3v) is 7.16. The molecule has 0 bridgehead atoms. The van der Waals surface area contributed by atoms with Gasteiger partial charge in [-0.1, -0.05) is 53.6 Å². The van der Waals surface area contributed by atoms with Crippen molar-refractivity contribution in [2.45, 2.75) is 37.5 Å². The molecule has 3 aromatic carbocycles. The van der Waals surface area contributed by atoms with E-state index >= 15 is 0 Å². The summed E-state index contributed by atoms with van der Waals surface area (Å²) in [7, 11) is -4.33. The van der Waals surface area contributed by atoms with Gasteiger partial charge in [-0.05, 0) is 63.1 Å². The number of aryl methyl sites for hydroxylation is 4. The molecule has 3 aromatic rings. The third kappa shape index (κ3) is 7.95. The van der Waals surface area contributed by atoms with Crippen LogP contribution < -0.4 is 4.18 Å². The molecule has 0 amide bonds. The number of para-hydroxylation sites is 1. The minimum Gasteiger partial charge on any atom is -0.744 e. The third-order valence-electron chi connectivity index (χ3n) is 4.09. The fourth-order valence-electron chi connectivity index (χ4n) is 2.87. The molecular weight excluding hydrogens is 472 g/mol. The standard InChI is InChI=1S/C13H12O4S2.C9H12O3S/c1-11-7-9-13(10-8-11)18(14)17-19(15)16-12-5-3-2-4-6-12;1-6-4-7(2)9(8(3)5-6)13(10,11)12/h2-10H,1H3;4-5H,1-3H3,(H,10,11,12)/p-1. The smallest absolute Gasteiger partial charge is 0.374 e. The average molecular weight is 496 g/mol. The molecule has 0 radical (unpaired) electrons. The lowest BCUT2D eigenvalue weighted by Crippen LogP contribution is -2.07. The SMILES string of the molecule is Cc1cc(C)c(S(=O)(=O)[O-])c(C)c1.Cc1ccc(S(=O)OS(=O)Oc2ccccc2)cc1. The van der Waals surface area contributed by atoms with E-state index in [0.717, 1.165) is 11.1 Å². The Morgan fingerprint density at radius 3 is 1.81 bits per heavy atom. The zero-order valence-corrected chi connectivity index (χ0v) is 20.4. The molecule has 0 fully saturated rings. The molecule has 0 aliphatic carbocycles. The highest BCUT2D eigenvalue weighted by molar-refractivity contribution is 7.91. The van der Waals surface area contributed by atoms with E-state index in [1.54, 1.807) is 80.6 Å². The topological polar surface area (TPSA) is 110 Å². The maximum absolute atomic E-state index is 11.8. The van der Waals surface area contributed by atoms with E-state index in [1.807, 2.05) is 13.8 Å². The first-order valence-electron chi connectivity index (χ1n) is 9.33. The van der Waals surface area contributed by atoms with Crippen molar-refractivity contribution in [2.24, 2.45) is 0 Å². The summed E-state index contributed by atoms with van der Waals surface area (Å²) in [6.45, 7) is 7.04. The fraction of sp³-hybridized carbons (Fsp3) is 0.182. The molecule has 0 heterocycles. The highest BCUT2D eigenvalue weighted by Crippen LogP contribution is 2.21. The van der Waals surface area contributed by atoms with Crippen molar-refractivity contribution in [1.29, 1.82) is 0 Å². The predicted octanol–water partition coefficient (Wildman–Crippen LogP) is 4.21. The second-order valence-corrected chi connectivity index (χ2v) is 10.3. The summed E-state index contributed by atoms with van der Waals surface area (Å²) in [4.78, 5) is 0.355. The van der Waals surface area contributed by atoms with Crippen molar-refractivity contribution in [1.82, 2.24) is 0 Å². The monoisotopic (exact) mass is 495 g/mol. The Labute approximate surface area is 193 Å². The van der Waals surface area contributed by atoms with Gasteiger partial charge in [-0.15, -0.1) is 0 Å². The molecule has 0 aliphatic rings. The van der Waals surface area contributed by atoms with Crippen LogP contribution in [0.25, 0.3) is 0 Å². The van der Waals surface area contributed by atoms with Gasteiger partial charge in [0.25, 0.3) is 0 Å². The van der Waals surface area contributed by atoms with Crippen LogP contribution >= 0.6 is 0 Å². The lowest BCUT2D eigenvalue weighted by Gasteiger charge is -2.14. The molecule has 2 atom stereocenters. The molecule has 0 spiro atoms. The number of benzene rings is 3. The molecule has 7 nitrogen and oxygen atoms in total. The van der Waals surface area contributed by atoms with E-state index < -0.39 is 32.6 Å². The van der Waals surface area contributed by atoms with E-state index in [4.69, 9.17) is 7.81 Å². The van der Waals surface area contributed by atoms with Gasteiger partial charge in [-0.3, -0.25) is 0 Å². The van der Waals surface area contributed by atoms with Gasteiger partial charge in [0, 0.05) is 0 Å². The summed E-state index contributed by atoms with van der Waals surface area (Å²) < 4.78 is 65.6. The lowest BCUT2D eigenvalue weighted by molar-refractivity contribution is 0.461. The zero-order chi connectivity index (χ0) is 23.9. The van der Waals surface area contributed by atoms with Gasteiger partial charge in [-0.2, -0.15) is 7.84 Å². The maximum Gasteiger partial charge on any atom is 0.374 e. The Balaban J connectivity index is 0.000000244. The maximum atomic E-state index is 11.8. The van der Waals surface area contributed by atoms with Crippen molar-refractivity contribution >= 4 is 32.6 Å². The summed E-state index contributed by atoms with van der Waals surface area (Å²) in [5, 5.41) is 0. The molecule has 10 heteroatoms. The second-order valence-electron chi connectivity index (χ2n) is 6.90. The minimum atomic E-state index is -4.33. The highest BCUT2D eigenvalue weighted by Gasteiger charge is 2.12. The van der Waals surface area contributed by atoms with Gasteiger partial charge in [0.2, 0.25) is 11.1 Å². The summed E-state index contributed by atoms with van der Waals surface area (Å²) in [5.74, 6) is 0.390. The van der Waals surface area contributed by atoms with Crippen LogP contribution in [-0.4, -0.2) is 21.4 Å². The minimum absolute atomic E-state index is 0.0851. The van der Waals surface area contributed by atoms with Gasteiger partial charge >= 0.3 is 11.4 Å². The molecular formula is C22H23O7S3-. The predicted molar refractivity (Wildman–Crippen MR) is 123 cm³/mol. The quantitative estimate of drug-likeness (QED) is 0.471. The Bertz CT molecular complexity index is 1180. The van der Waals surface area contributed by atoms with Gasteiger partial charge in [0.05, 0.1) is 9.79 Å². The molecule has 0 N–H and O–H groups in total. The van der Waals surface area contributed by atoms with Crippen LogP contribution in [0.15, 0.2) is 76.5 Å². The first kappa shape index (κ1) is 25.9. The van der Waals surface area contributed by atoms with Crippen LogP contribution in [0, 0.1) is 27.7 Å². The van der Waals surface area contributed by atoms with Crippen molar-refractivity contribution in [3.63, 3.8) is 0 Å². The van der Waals surface area contributed by atoms with Crippen molar-refractivity contribution in [2.75, 3.05) is 0 Å². The number of hydrogen-bond donors (Lipinski definition) is 0. The van der Waals surface area contributed by atoms with E-state index in [9.17, 15) is 21.4 Å². The van der Waals surface area contributed by atoms with Crippen LogP contribution in [0.1, 0.15) is 22.3 Å². The zero-order valence-electron chi connectivity index (χ0n) is 17.9. The highest BCUT2D eigenvalue weighted by atomic mass is 32.3. The Hall–Kier alpha value is -2.37. The van der Waals surface area contributed by atoms with E-state index in [1.165, 1.54) is 0 Å². The molecule has 32 heavy (non-hydrogen) atoms. The van der Waals surface area contributed by atoms with E-state index in [-0.39, 0.29) is 4.90 Å². The Morgan fingerprint density at radius 2 is 1.31 bits per heavy atom. The van der Waals surface area contributed by atoms with Gasteiger partial charge in [0.1, 0.15) is 15.9 Å². The largest absolute Gasteiger partial charge is 0.744 e. The number of rotatable bonds is 6. The molecule has 2 unspecified atom stereocenters. The summed E-state index contributed by atoms with van der Waals surface area (Å²) in [5.41, 5.74) is 3.05. The fourth-order valence-corrected chi connectivity index (χ4v) is 5.23. The van der Waals surface area contributed by atoms with Gasteiger partial charge in [0.15, 0.2) is 0 Å². The van der Waals surface area contributed by atoms with Crippen LogP contribution in [0.4, 0.5) is 0 Å². The molecule has 172 valence electrons. The van der Waals surface area contributed by atoms with Crippen LogP contribution in [0.2, 0.25) is 0 Å². The molecule has 0 saturated carbocycles.